The van der Waals surface area contributed by atoms with Gasteiger partial charge in [-0.2, -0.15) is 0 Å². The van der Waals surface area contributed by atoms with Gasteiger partial charge in [0.05, 0.1) is 11.1 Å². The molecule has 1 heterocycles. The van der Waals surface area contributed by atoms with Gasteiger partial charge in [-0.3, -0.25) is 0 Å². The first-order chi connectivity index (χ1) is 33.2. The van der Waals surface area contributed by atoms with Crippen molar-refractivity contribution >= 4 is 64.9 Å². The van der Waals surface area contributed by atoms with Gasteiger partial charge in [0.2, 0.25) is 0 Å². The van der Waals surface area contributed by atoms with Gasteiger partial charge in [0, 0.05) is 31.5 Å². The normalized spacial score (nSPS) is 13.9. The second kappa shape index (κ2) is 16.1. The smallest absolute Gasteiger partial charge is 0.0710 e. The quantitative estimate of drug-likeness (QED) is 0.147. The first-order valence-corrected chi connectivity index (χ1v) is 24.2. The molecule has 2 aliphatic rings. The van der Waals surface area contributed by atoms with Crippen LogP contribution < -0.4 is 4.90 Å². The van der Waals surface area contributed by atoms with E-state index in [1.807, 2.05) is 11.3 Å². The zero-order valence-corrected chi connectivity index (χ0v) is 37.8. The summed E-state index contributed by atoms with van der Waals surface area (Å²) in [6.45, 7) is 0. The van der Waals surface area contributed by atoms with Gasteiger partial charge >= 0.3 is 0 Å². The van der Waals surface area contributed by atoms with Gasteiger partial charge in [-0.15, -0.1) is 11.3 Å². The largest absolute Gasteiger partial charge is 0.310 e. The van der Waals surface area contributed by atoms with E-state index in [4.69, 9.17) is 0 Å². The van der Waals surface area contributed by atoms with Crippen LogP contribution in [0, 0.1) is 0 Å². The van der Waals surface area contributed by atoms with E-state index in [0.717, 1.165) is 24.2 Å². The molecule has 67 heavy (non-hydrogen) atoms. The van der Waals surface area contributed by atoms with Gasteiger partial charge in [-0.05, 0) is 145 Å². The van der Waals surface area contributed by atoms with Crippen LogP contribution in [0.1, 0.15) is 35.1 Å². The van der Waals surface area contributed by atoms with Crippen molar-refractivity contribution in [2.24, 2.45) is 0 Å². The molecule has 0 N–H and O–H groups in total. The van der Waals surface area contributed by atoms with Crippen molar-refractivity contribution in [3.05, 3.63) is 277 Å². The SMILES string of the molecule is C1=CC2=C(CC1)c1ccc(N(c3ccc(-c4ccc(-c5cccc(-c6ccc7ccccc7c6)c5)cc4)cc3)c3cccc4sc5ccccc5c34)cc1C2(c1ccccc1)c1ccccc1. The van der Waals surface area contributed by atoms with Crippen LogP contribution in [0.3, 0.4) is 0 Å². The van der Waals surface area contributed by atoms with Crippen LogP contribution in [-0.4, -0.2) is 0 Å². The second-order valence-corrected chi connectivity index (χ2v) is 19.0. The number of nitrogens with zero attached hydrogens (tertiary/aromatic N) is 1. The molecule has 0 amide bonds. The average Bonchev–Trinajstić information content (AvgIpc) is 3.94. The van der Waals surface area contributed by atoms with Crippen LogP contribution in [0.2, 0.25) is 0 Å². The number of rotatable bonds is 8. The number of benzene rings is 10. The lowest BCUT2D eigenvalue weighted by molar-refractivity contribution is 0.756. The molecular formula is C65H45NS. The van der Waals surface area contributed by atoms with E-state index in [9.17, 15) is 0 Å². The van der Waals surface area contributed by atoms with Crippen LogP contribution in [0.5, 0.6) is 0 Å². The van der Waals surface area contributed by atoms with E-state index in [-0.39, 0.29) is 0 Å². The Balaban J connectivity index is 0.922. The highest BCUT2D eigenvalue weighted by Crippen LogP contribution is 2.58. The van der Waals surface area contributed by atoms with Crippen LogP contribution in [0.4, 0.5) is 17.1 Å². The molecule has 0 saturated heterocycles. The van der Waals surface area contributed by atoms with Crippen molar-refractivity contribution in [2.45, 2.75) is 18.3 Å². The molecule has 0 radical (unpaired) electrons. The summed E-state index contributed by atoms with van der Waals surface area (Å²) >= 11 is 1.87. The van der Waals surface area contributed by atoms with Crippen molar-refractivity contribution in [3.8, 4) is 33.4 Å². The molecule has 0 bridgehead atoms. The Morgan fingerprint density at radius 2 is 1.00 bits per heavy atom. The molecule has 13 rings (SSSR count). The number of fused-ring (bicyclic) bond motifs is 6. The van der Waals surface area contributed by atoms with Gasteiger partial charge in [-0.25, -0.2) is 0 Å². The zero-order chi connectivity index (χ0) is 44.3. The molecule has 0 unspecified atom stereocenters. The van der Waals surface area contributed by atoms with Crippen LogP contribution in [-0.2, 0) is 5.41 Å². The minimum absolute atomic E-state index is 0.458. The fraction of sp³-hybridized carbons (Fsp3) is 0.0462. The number of hydrogen-bond acceptors (Lipinski definition) is 2. The topological polar surface area (TPSA) is 3.24 Å². The second-order valence-electron chi connectivity index (χ2n) is 17.9. The molecule has 0 saturated carbocycles. The maximum absolute atomic E-state index is 2.51. The summed E-state index contributed by atoms with van der Waals surface area (Å²) in [5.74, 6) is 0. The van der Waals surface area contributed by atoms with E-state index in [0.29, 0.717) is 0 Å². The Bertz CT molecular complexity index is 3690. The predicted molar refractivity (Wildman–Crippen MR) is 286 cm³/mol. The molecule has 0 atom stereocenters. The summed E-state index contributed by atoms with van der Waals surface area (Å²) in [6, 6.07) is 87.8. The monoisotopic (exact) mass is 871 g/mol. The van der Waals surface area contributed by atoms with Crippen molar-refractivity contribution in [2.75, 3.05) is 4.90 Å². The molecule has 1 nitrogen and oxygen atoms in total. The molecule has 11 aromatic rings. The van der Waals surface area contributed by atoms with Gasteiger partial charge in [0.25, 0.3) is 0 Å². The Labute approximate surface area is 395 Å². The summed E-state index contributed by atoms with van der Waals surface area (Å²) in [5.41, 5.74) is 18.4. The highest BCUT2D eigenvalue weighted by molar-refractivity contribution is 7.26. The zero-order valence-electron chi connectivity index (χ0n) is 36.9. The molecular weight excluding hydrogens is 827 g/mol. The molecule has 0 spiro atoms. The summed E-state index contributed by atoms with van der Waals surface area (Å²) in [5, 5.41) is 5.09. The van der Waals surface area contributed by atoms with E-state index in [1.165, 1.54) is 103 Å². The van der Waals surface area contributed by atoms with Crippen molar-refractivity contribution in [1.29, 1.82) is 0 Å². The third-order valence-corrected chi connectivity index (χ3v) is 15.4. The summed E-state index contributed by atoms with van der Waals surface area (Å²) in [4.78, 5) is 2.51. The van der Waals surface area contributed by atoms with Gasteiger partial charge in [-0.1, -0.05) is 194 Å². The van der Waals surface area contributed by atoms with E-state index >= 15 is 0 Å². The van der Waals surface area contributed by atoms with E-state index in [1.54, 1.807) is 0 Å². The Kier molecular flexibility index (Phi) is 9.47. The number of allylic oxidation sites excluding steroid dienone is 4. The summed E-state index contributed by atoms with van der Waals surface area (Å²) in [6.07, 6.45) is 6.88. The molecule has 0 aliphatic heterocycles. The average molecular weight is 872 g/mol. The van der Waals surface area contributed by atoms with Crippen molar-refractivity contribution < 1.29 is 0 Å². The number of thiophene rings is 1. The number of anilines is 3. The fourth-order valence-corrected chi connectivity index (χ4v) is 12.3. The Morgan fingerprint density at radius 3 is 1.76 bits per heavy atom. The van der Waals surface area contributed by atoms with Crippen LogP contribution >= 0.6 is 11.3 Å². The molecule has 316 valence electrons. The molecule has 1 aromatic heterocycles. The lowest BCUT2D eigenvalue weighted by atomic mass is 9.66. The first kappa shape index (κ1) is 39.3. The highest BCUT2D eigenvalue weighted by Gasteiger charge is 2.47. The Morgan fingerprint density at radius 1 is 0.418 bits per heavy atom. The lowest BCUT2D eigenvalue weighted by Gasteiger charge is -2.36. The van der Waals surface area contributed by atoms with Crippen LogP contribution in [0.25, 0.3) is 69.9 Å². The van der Waals surface area contributed by atoms with Crippen molar-refractivity contribution in [3.63, 3.8) is 0 Å². The van der Waals surface area contributed by atoms with Gasteiger partial charge < -0.3 is 4.90 Å². The lowest BCUT2D eigenvalue weighted by Crippen LogP contribution is -2.29. The molecule has 0 fully saturated rings. The minimum atomic E-state index is -0.458. The van der Waals surface area contributed by atoms with E-state index < -0.39 is 5.41 Å². The molecule has 2 aliphatic carbocycles. The maximum atomic E-state index is 2.51. The maximum Gasteiger partial charge on any atom is 0.0710 e. The standard InChI is InChI=1S/C65H45NS/c1-3-19-52(20-4-1)65(53-21-5-2-6-22-53)59-25-11-9-23-56(59)57-40-39-55(43-60(57)65)66(61-26-14-28-63-64(61)58-24-10-12-27-62(58)67-63)54-37-35-46(36-38-54)45-29-31-47(32-30-45)49-17-13-18-50(41-49)51-34-33-44-15-7-8-16-48(44)42-51/h1-8,10-22,24-43H,9,23H2. The first-order valence-electron chi connectivity index (χ1n) is 23.4. The minimum Gasteiger partial charge on any atom is -0.310 e. The summed E-state index contributed by atoms with van der Waals surface area (Å²) < 4.78 is 2.59. The van der Waals surface area contributed by atoms with Gasteiger partial charge in [0.15, 0.2) is 0 Å². The van der Waals surface area contributed by atoms with Crippen molar-refractivity contribution in [1.82, 2.24) is 0 Å². The van der Waals surface area contributed by atoms with Gasteiger partial charge in [0.1, 0.15) is 0 Å². The number of hydrogen-bond donors (Lipinski definition) is 0. The van der Waals surface area contributed by atoms with E-state index in [2.05, 4.69) is 254 Å². The fourth-order valence-electron chi connectivity index (χ4n) is 11.1. The predicted octanol–water partition coefficient (Wildman–Crippen LogP) is 18.1. The molecule has 2 heteroatoms. The molecule has 10 aromatic carbocycles. The highest BCUT2D eigenvalue weighted by atomic mass is 32.1. The third-order valence-electron chi connectivity index (χ3n) is 14.2. The van der Waals surface area contributed by atoms with Crippen LogP contribution in [0.15, 0.2) is 254 Å². The third kappa shape index (κ3) is 6.51. The summed E-state index contributed by atoms with van der Waals surface area (Å²) in [7, 11) is 0. The Hall–Kier alpha value is -8.04.